The van der Waals surface area contributed by atoms with Gasteiger partial charge in [-0.25, -0.2) is 0 Å². The van der Waals surface area contributed by atoms with Crippen molar-refractivity contribution in [2.75, 3.05) is 0 Å². The van der Waals surface area contributed by atoms with Crippen molar-refractivity contribution in [3.05, 3.63) is 60.2 Å². The largest absolute Gasteiger partial charge is 0.289 e. The van der Waals surface area contributed by atoms with Crippen molar-refractivity contribution in [2.45, 2.75) is 13.3 Å². The molecule has 0 aromatic heterocycles. The third-order valence-electron chi connectivity index (χ3n) is 2.09. The Bertz CT molecular complexity index is 447. The van der Waals surface area contributed by atoms with Crippen molar-refractivity contribution in [1.82, 2.24) is 5.32 Å². The maximum absolute atomic E-state index is 11.3. The van der Waals surface area contributed by atoms with E-state index in [4.69, 9.17) is 0 Å². The topological polar surface area (TPSA) is 46.2 Å². The number of benzene rings is 1. The number of hydrogen-bond donors (Lipinski definition) is 1. The molecule has 0 radical (unpaired) electrons. The van der Waals surface area contributed by atoms with E-state index in [1.807, 2.05) is 30.3 Å². The Labute approximate surface area is 101 Å². The summed E-state index contributed by atoms with van der Waals surface area (Å²) >= 11 is 0. The molecule has 0 saturated heterocycles. The van der Waals surface area contributed by atoms with Crippen LogP contribution in [0.1, 0.15) is 12.5 Å². The highest BCUT2D eigenvalue weighted by atomic mass is 16.2. The molecule has 17 heavy (non-hydrogen) atoms. The molecule has 2 amide bonds. The Morgan fingerprint density at radius 1 is 1.29 bits per heavy atom. The van der Waals surface area contributed by atoms with Crippen LogP contribution in [0, 0.1) is 0 Å². The van der Waals surface area contributed by atoms with Crippen molar-refractivity contribution in [3.63, 3.8) is 0 Å². The Morgan fingerprint density at radius 2 is 1.94 bits per heavy atom. The highest BCUT2D eigenvalue weighted by Crippen LogP contribution is 1.99. The molecule has 0 bridgehead atoms. The summed E-state index contributed by atoms with van der Waals surface area (Å²) in [7, 11) is 0. The highest BCUT2D eigenvalue weighted by molar-refractivity contribution is 6.07. The molecule has 0 fully saturated rings. The third kappa shape index (κ3) is 4.93. The van der Waals surface area contributed by atoms with E-state index in [0.717, 1.165) is 5.56 Å². The van der Waals surface area contributed by atoms with Crippen LogP contribution in [0.5, 0.6) is 0 Å². The second kappa shape index (κ2) is 6.43. The molecule has 3 nitrogen and oxygen atoms in total. The first kappa shape index (κ1) is 12.9. The highest BCUT2D eigenvalue weighted by Gasteiger charge is 2.04. The molecule has 88 valence electrons. The second-order valence-electron chi connectivity index (χ2n) is 3.69. The van der Waals surface area contributed by atoms with Crippen LogP contribution in [0.4, 0.5) is 0 Å². The molecule has 0 aliphatic carbocycles. The zero-order chi connectivity index (χ0) is 12.7. The second-order valence-corrected chi connectivity index (χ2v) is 3.69. The zero-order valence-electron chi connectivity index (χ0n) is 9.77. The maximum atomic E-state index is 11.3. The molecule has 1 aromatic rings. The summed E-state index contributed by atoms with van der Waals surface area (Å²) in [6, 6.07) is 9.76. The Kier molecular flexibility index (Phi) is 4.88. The summed E-state index contributed by atoms with van der Waals surface area (Å²) < 4.78 is 0. The van der Waals surface area contributed by atoms with Crippen molar-refractivity contribution in [1.29, 1.82) is 0 Å². The molecule has 0 saturated carbocycles. The van der Waals surface area contributed by atoms with E-state index in [2.05, 4.69) is 11.9 Å². The first-order valence-corrected chi connectivity index (χ1v) is 5.31. The van der Waals surface area contributed by atoms with Crippen LogP contribution < -0.4 is 5.32 Å². The van der Waals surface area contributed by atoms with E-state index < -0.39 is 11.8 Å². The predicted molar refractivity (Wildman–Crippen MR) is 67.2 cm³/mol. The van der Waals surface area contributed by atoms with Crippen LogP contribution in [-0.4, -0.2) is 11.8 Å². The molecular weight excluding hydrogens is 214 g/mol. The molecule has 1 N–H and O–H groups in total. The molecule has 0 heterocycles. The zero-order valence-corrected chi connectivity index (χ0v) is 9.77. The SMILES string of the molecule is C=C(C)C(=O)NC(=O)C=CCc1ccccc1. The van der Waals surface area contributed by atoms with Crippen LogP contribution in [0.15, 0.2) is 54.6 Å². The summed E-state index contributed by atoms with van der Waals surface area (Å²) in [6.07, 6.45) is 3.74. The molecule has 0 aliphatic heterocycles. The smallest absolute Gasteiger partial charge is 0.253 e. The lowest BCUT2D eigenvalue weighted by Crippen LogP contribution is -2.29. The number of imide groups is 1. The summed E-state index contributed by atoms with van der Waals surface area (Å²) in [5.74, 6) is -0.867. The Balaban J connectivity index is 2.42. The van der Waals surface area contributed by atoms with Crippen LogP contribution in [-0.2, 0) is 16.0 Å². The Hall–Kier alpha value is -2.16. The van der Waals surface area contributed by atoms with Gasteiger partial charge in [0.05, 0.1) is 0 Å². The summed E-state index contributed by atoms with van der Waals surface area (Å²) in [5, 5.41) is 2.20. The number of nitrogens with one attached hydrogen (secondary N) is 1. The van der Waals surface area contributed by atoms with Gasteiger partial charge in [0, 0.05) is 5.57 Å². The third-order valence-corrected chi connectivity index (χ3v) is 2.09. The van der Waals surface area contributed by atoms with Crippen molar-refractivity contribution in [3.8, 4) is 0 Å². The van der Waals surface area contributed by atoms with E-state index >= 15 is 0 Å². The number of amides is 2. The van der Waals surface area contributed by atoms with Crippen molar-refractivity contribution in [2.24, 2.45) is 0 Å². The fourth-order valence-electron chi connectivity index (χ4n) is 1.18. The molecule has 0 atom stereocenters. The normalized spacial score (nSPS) is 10.2. The van der Waals surface area contributed by atoms with Gasteiger partial charge in [-0.05, 0) is 25.0 Å². The Morgan fingerprint density at radius 3 is 2.53 bits per heavy atom. The summed E-state index contributed by atoms with van der Waals surface area (Å²) in [5.41, 5.74) is 1.43. The first-order chi connectivity index (χ1) is 8.09. The molecule has 3 heteroatoms. The minimum Gasteiger partial charge on any atom is -0.289 e. The fourth-order valence-corrected chi connectivity index (χ4v) is 1.18. The number of carbonyl (C=O) groups excluding carboxylic acids is 2. The van der Waals surface area contributed by atoms with Crippen LogP contribution in [0.2, 0.25) is 0 Å². The molecule has 1 aromatic carbocycles. The van der Waals surface area contributed by atoms with Gasteiger partial charge in [-0.15, -0.1) is 0 Å². The monoisotopic (exact) mass is 229 g/mol. The van der Waals surface area contributed by atoms with Crippen molar-refractivity contribution >= 4 is 11.8 Å². The van der Waals surface area contributed by atoms with Gasteiger partial charge in [0.15, 0.2) is 0 Å². The average molecular weight is 229 g/mol. The van der Waals surface area contributed by atoms with Crippen molar-refractivity contribution < 1.29 is 9.59 Å². The van der Waals surface area contributed by atoms with Crippen LogP contribution in [0.25, 0.3) is 0 Å². The van der Waals surface area contributed by atoms with Gasteiger partial charge in [0.25, 0.3) is 5.91 Å². The van der Waals surface area contributed by atoms with E-state index in [1.165, 1.54) is 6.08 Å². The molecular formula is C14H15NO2. The van der Waals surface area contributed by atoms with Gasteiger partial charge in [-0.2, -0.15) is 0 Å². The van der Waals surface area contributed by atoms with Gasteiger partial charge in [0.2, 0.25) is 5.91 Å². The van der Waals surface area contributed by atoms with E-state index in [-0.39, 0.29) is 0 Å². The average Bonchev–Trinajstić information content (AvgIpc) is 2.30. The van der Waals surface area contributed by atoms with E-state index in [0.29, 0.717) is 12.0 Å². The van der Waals surface area contributed by atoms with Gasteiger partial charge in [-0.3, -0.25) is 14.9 Å². The first-order valence-electron chi connectivity index (χ1n) is 5.31. The molecule has 0 unspecified atom stereocenters. The molecule has 1 rings (SSSR count). The van der Waals surface area contributed by atoms with Gasteiger partial charge >= 0.3 is 0 Å². The van der Waals surface area contributed by atoms with Gasteiger partial charge in [-0.1, -0.05) is 43.0 Å². The minimum absolute atomic E-state index is 0.315. The lowest BCUT2D eigenvalue weighted by Gasteiger charge is -1.99. The van der Waals surface area contributed by atoms with Crippen LogP contribution >= 0.6 is 0 Å². The van der Waals surface area contributed by atoms with Crippen LogP contribution in [0.3, 0.4) is 0 Å². The standard InChI is InChI=1S/C14H15NO2/c1-11(2)14(17)15-13(16)10-6-9-12-7-4-3-5-8-12/h3-8,10H,1,9H2,2H3,(H,15,16,17). The summed E-state index contributed by atoms with van der Waals surface area (Å²) in [6.45, 7) is 5.00. The number of carbonyl (C=O) groups is 2. The lowest BCUT2D eigenvalue weighted by molar-refractivity contribution is -0.125. The molecule has 0 aliphatic rings. The lowest BCUT2D eigenvalue weighted by atomic mass is 10.1. The number of rotatable bonds is 4. The van der Waals surface area contributed by atoms with E-state index in [9.17, 15) is 9.59 Å². The number of allylic oxidation sites excluding steroid dienone is 1. The quantitative estimate of drug-likeness (QED) is 0.803. The van der Waals surface area contributed by atoms with E-state index in [1.54, 1.807) is 13.0 Å². The fraction of sp³-hybridized carbons (Fsp3) is 0.143. The van der Waals surface area contributed by atoms with Gasteiger partial charge < -0.3 is 0 Å². The maximum Gasteiger partial charge on any atom is 0.253 e. The number of hydrogen-bond acceptors (Lipinski definition) is 2. The summed E-state index contributed by atoms with van der Waals surface area (Å²) in [4.78, 5) is 22.4. The predicted octanol–water partition coefficient (Wildman–Crippen LogP) is 2.00. The molecule has 0 spiro atoms. The van der Waals surface area contributed by atoms with Gasteiger partial charge in [0.1, 0.15) is 0 Å². The minimum atomic E-state index is -0.445.